The summed E-state index contributed by atoms with van der Waals surface area (Å²) in [5, 5.41) is 15.2. The number of hydrogen-bond donors (Lipinski definition) is 5. The Morgan fingerprint density at radius 1 is 0.553 bits per heavy atom. The van der Waals surface area contributed by atoms with Crippen molar-refractivity contribution >= 4 is 94.5 Å². The fourth-order valence-corrected chi connectivity index (χ4v) is 11.7. The molecule has 4 amide bonds. The van der Waals surface area contributed by atoms with Crippen molar-refractivity contribution in [2.24, 2.45) is 0 Å². The van der Waals surface area contributed by atoms with Gasteiger partial charge in [-0.2, -0.15) is 0 Å². The van der Waals surface area contributed by atoms with Crippen molar-refractivity contribution in [2.45, 2.75) is 71.0 Å². The maximum Gasteiger partial charge on any atom is 0.505 e. The highest BCUT2D eigenvalue weighted by atomic mass is 35.5. The number of nitrogens with two attached hydrogens (primary N) is 2. The van der Waals surface area contributed by atoms with E-state index < -0.39 is 6.16 Å². The van der Waals surface area contributed by atoms with E-state index in [9.17, 15) is 38.4 Å². The first-order valence-corrected chi connectivity index (χ1v) is 34.8. The Balaban J connectivity index is 0.000000228. The number of ketones is 1. The second-order valence-electron chi connectivity index (χ2n) is 23.9. The molecule has 2 fully saturated rings. The van der Waals surface area contributed by atoms with Crippen LogP contribution in [0.5, 0.6) is 11.5 Å². The highest BCUT2D eigenvalue weighted by molar-refractivity contribution is 6.33. The number of benzene rings is 4. The molecule has 2 unspecified atom stereocenters. The fourth-order valence-electron chi connectivity index (χ4n) is 11.1. The molecular weight excluding hydrogens is 1370 g/mol. The SMILES string of the molecule is CCOC(=O)CCOCCOC(=O)O.CCOC(=O)CCOCCOCCC(=O)N1CCN(C(=O)c2ccc(-c3cc(Cl)c4c(c3)CC(CNC(=O)/C=C/c3ccc(N)nc3)O4)cc2)CC1.Nc1ccc(/C=C/C(=O)CCC2Cc3cc(-c4ccc(C(=O)N5CCNCC5)cc4)cc(Cl)c3O2)cn1. The predicted molar refractivity (Wildman–Crippen MR) is 387 cm³/mol. The van der Waals surface area contributed by atoms with Crippen LogP contribution in [0.3, 0.4) is 0 Å². The van der Waals surface area contributed by atoms with Crippen molar-refractivity contribution in [3.63, 3.8) is 0 Å². The molecule has 2 atom stereocenters. The highest BCUT2D eigenvalue weighted by Gasteiger charge is 2.30. The molecule has 2 saturated heterocycles. The Bertz CT molecular complexity index is 3890. The molecule has 0 aliphatic carbocycles. The average molecular weight is 1460 g/mol. The van der Waals surface area contributed by atoms with Gasteiger partial charge in [0.25, 0.3) is 11.8 Å². The third kappa shape index (κ3) is 25.8. The summed E-state index contributed by atoms with van der Waals surface area (Å²) in [6.45, 7) is 10.9. The Kier molecular flexibility index (Phi) is 31.5. The number of carbonyl (C=O) groups is 8. The summed E-state index contributed by atoms with van der Waals surface area (Å²) in [5.74, 6) is 1.27. The van der Waals surface area contributed by atoms with Crippen molar-refractivity contribution in [1.82, 2.24) is 35.3 Å². The first-order valence-electron chi connectivity index (χ1n) is 34.1. The van der Waals surface area contributed by atoms with Crippen LogP contribution in [-0.2, 0) is 65.2 Å². The number of ether oxygens (including phenoxy) is 8. The molecule has 10 rings (SSSR count). The minimum absolute atomic E-state index is 0.0188. The van der Waals surface area contributed by atoms with E-state index in [1.54, 1.807) is 84.6 Å². The van der Waals surface area contributed by atoms with Crippen molar-refractivity contribution in [2.75, 3.05) is 130 Å². The molecule has 0 saturated carbocycles. The molecule has 2 aromatic heterocycles. The maximum absolute atomic E-state index is 13.3. The Morgan fingerprint density at radius 3 is 1.51 bits per heavy atom. The molecule has 548 valence electrons. The number of fused-ring (bicyclic) bond motifs is 2. The van der Waals surface area contributed by atoms with E-state index in [1.165, 1.54) is 6.08 Å². The topological polar surface area (TPSA) is 342 Å². The van der Waals surface area contributed by atoms with Gasteiger partial charge in [0.15, 0.2) is 5.78 Å². The summed E-state index contributed by atoms with van der Waals surface area (Å²) in [6, 6.07) is 29.9. The van der Waals surface area contributed by atoms with Gasteiger partial charge in [-0.25, -0.2) is 14.8 Å². The van der Waals surface area contributed by atoms with Gasteiger partial charge in [-0.1, -0.05) is 47.5 Å². The summed E-state index contributed by atoms with van der Waals surface area (Å²) >= 11 is 13.2. The largest absolute Gasteiger partial charge is 0.505 e. The first kappa shape index (κ1) is 78.8. The molecular formula is C75H87Cl2N9O17. The number of nitrogens with one attached hydrogen (secondary N) is 2. The molecule has 0 radical (unpaired) electrons. The molecule has 7 N–H and O–H groups in total. The lowest BCUT2D eigenvalue weighted by atomic mass is 9.98. The maximum atomic E-state index is 13.3. The van der Waals surface area contributed by atoms with Gasteiger partial charge >= 0.3 is 18.1 Å². The molecule has 28 heteroatoms. The lowest BCUT2D eigenvalue weighted by molar-refractivity contribution is -0.145. The molecule has 4 aromatic carbocycles. The highest BCUT2D eigenvalue weighted by Crippen LogP contribution is 2.42. The number of rotatable bonds is 30. The van der Waals surface area contributed by atoms with E-state index in [-0.39, 0.29) is 106 Å². The molecule has 4 aliphatic heterocycles. The molecule has 6 heterocycles. The van der Waals surface area contributed by atoms with E-state index in [0.29, 0.717) is 129 Å². The van der Waals surface area contributed by atoms with E-state index >= 15 is 0 Å². The van der Waals surface area contributed by atoms with Gasteiger partial charge < -0.3 is 79.8 Å². The Labute approximate surface area is 607 Å². The third-order valence-electron chi connectivity index (χ3n) is 16.5. The van der Waals surface area contributed by atoms with Gasteiger partial charge in [-0.15, -0.1) is 0 Å². The molecule has 6 aromatic rings. The number of halogens is 2. The lowest BCUT2D eigenvalue weighted by Gasteiger charge is -2.35. The number of carboxylic acid groups (broad SMARTS) is 1. The molecule has 0 bridgehead atoms. The molecule has 103 heavy (non-hydrogen) atoms. The monoisotopic (exact) mass is 1460 g/mol. The second-order valence-corrected chi connectivity index (χ2v) is 24.7. The Morgan fingerprint density at radius 2 is 1.02 bits per heavy atom. The van der Waals surface area contributed by atoms with Gasteiger partial charge in [0.2, 0.25) is 11.8 Å². The normalized spacial score (nSPS) is 15.1. The molecule has 0 spiro atoms. The number of amides is 4. The van der Waals surface area contributed by atoms with Gasteiger partial charge in [-0.3, -0.25) is 33.6 Å². The number of allylic oxidation sites excluding steroid dienone is 1. The smallest absolute Gasteiger partial charge is 0.488 e. The zero-order chi connectivity index (χ0) is 73.5. The summed E-state index contributed by atoms with van der Waals surface area (Å²) in [4.78, 5) is 109. The van der Waals surface area contributed by atoms with Crippen molar-refractivity contribution < 1.29 is 81.4 Å². The number of nitrogens with zero attached hydrogens (tertiary/aromatic N) is 5. The van der Waals surface area contributed by atoms with Crippen LogP contribution in [0, 0.1) is 0 Å². The number of esters is 2. The van der Waals surface area contributed by atoms with E-state index in [1.807, 2.05) is 65.6 Å². The van der Waals surface area contributed by atoms with Crippen LogP contribution in [0.1, 0.15) is 88.9 Å². The number of nitrogen functional groups attached to an aromatic ring is 2. The number of pyridine rings is 2. The van der Waals surface area contributed by atoms with Crippen molar-refractivity contribution in [3.05, 3.63) is 165 Å². The van der Waals surface area contributed by atoms with Gasteiger partial charge in [0, 0.05) is 107 Å². The van der Waals surface area contributed by atoms with Gasteiger partial charge in [0.05, 0.1) is 88.7 Å². The second kappa shape index (κ2) is 41.2. The van der Waals surface area contributed by atoms with E-state index in [4.69, 9.17) is 68.2 Å². The third-order valence-corrected chi connectivity index (χ3v) is 17.0. The summed E-state index contributed by atoms with van der Waals surface area (Å²) < 4.78 is 41.5. The number of hydrogen-bond acceptors (Lipinski definition) is 21. The zero-order valence-electron chi connectivity index (χ0n) is 57.7. The quantitative estimate of drug-likeness (QED) is 0.0122. The van der Waals surface area contributed by atoms with Crippen LogP contribution in [-0.4, -0.2) is 208 Å². The van der Waals surface area contributed by atoms with Gasteiger partial charge in [0.1, 0.15) is 41.9 Å². The van der Waals surface area contributed by atoms with Crippen LogP contribution in [0.15, 0.2) is 122 Å². The van der Waals surface area contributed by atoms with E-state index in [0.717, 1.165) is 70.7 Å². The fraction of sp³-hybridized carbons (Fsp3) is 0.387. The van der Waals surface area contributed by atoms with Crippen molar-refractivity contribution in [3.8, 4) is 33.8 Å². The van der Waals surface area contributed by atoms with E-state index in [2.05, 4.69) is 36.1 Å². The molecule has 4 aliphatic rings. The Hall–Kier alpha value is -9.96. The predicted octanol–water partition coefficient (Wildman–Crippen LogP) is 8.82. The van der Waals surface area contributed by atoms with Crippen LogP contribution in [0.25, 0.3) is 34.4 Å². The standard InChI is InChI=1S/C38H44ClN5O8.C29H29ClN4O3.C8H14O6/c1-2-51-36(47)12-18-50-20-19-49-17-11-35(46)43-13-15-44(16-14-43)38(48)28-7-5-27(6-8-28)29-21-30-22-31(52-37(30)32(39)23-29)25-42-34(45)10-4-26-3-9-33(40)41-24-26;30-26-17-22(20-3-5-21(6-4-20)29(36)34-13-11-32-12-14-34)15-23-16-25(37-28(23)26)9-8-24(35)7-1-19-2-10-27(31)33-18-19;1-2-13-7(9)3-4-12-5-6-14-8(10)11/h3-10,21,23-24,31H,2,11-20,22,25H2,1H3,(H2,40,41)(H,42,45);1-7,10,15,17-18,25,32H,8-9,11-14,16H2,(H2,31,33);2-6H2,1H3,(H,10,11)/b10-4+;7-1+;. The summed E-state index contributed by atoms with van der Waals surface area (Å²) in [6.07, 6.45) is 10.8. The minimum atomic E-state index is -1.33. The number of anilines is 2. The van der Waals surface area contributed by atoms with Crippen LogP contribution < -0.4 is 31.6 Å². The minimum Gasteiger partial charge on any atom is -0.488 e. The van der Waals surface area contributed by atoms with Crippen LogP contribution in [0.2, 0.25) is 10.0 Å². The summed E-state index contributed by atoms with van der Waals surface area (Å²) in [5.41, 5.74) is 19.8. The zero-order valence-corrected chi connectivity index (χ0v) is 59.2. The summed E-state index contributed by atoms with van der Waals surface area (Å²) in [7, 11) is 0. The average Bonchev–Trinajstić information content (AvgIpc) is 1.72. The van der Waals surface area contributed by atoms with Gasteiger partial charge in [-0.05, 0) is 150 Å². The lowest BCUT2D eigenvalue weighted by Crippen LogP contribution is -2.50. The van der Waals surface area contributed by atoms with Crippen molar-refractivity contribution in [1.29, 1.82) is 0 Å². The van der Waals surface area contributed by atoms with Crippen LogP contribution >= 0.6 is 23.2 Å². The number of carbonyl (C=O) groups excluding carboxylic acids is 7. The first-order chi connectivity index (χ1) is 49.8. The van der Waals surface area contributed by atoms with Crippen LogP contribution in [0.4, 0.5) is 16.4 Å². The number of piperazine rings is 2. The number of aromatic nitrogens is 2. The molecule has 26 nitrogen and oxygen atoms in total.